The number of piperidine rings is 1. The lowest BCUT2D eigenvalue weighted by molar-refractivity contribution is 0.270. The first-order chi connectivity index (χ1) is 8.65. The number of hydrogen-bond acceptors (Lipinski definition) is 2. The lowest BCUT2D eigenvalue weighted by Crippen LogP contribution is -2.43. The third kappa shape index (κ3) is 5.74. The fourth-order valence-electron chi connectivity index (χ4n) is 2.26. The summed E-state index contributed by atoms with van der Waals surface area (Å²) in [6, 6.07) is 4.33. The SMILES string of the molecule is CC1CCCN(C(N)=NCCc2ccc(I)s2)C1.I. The van der Waals surface area contributed by atoms with Crippen LogP contribution in [0, 0.1) is 8.80 Å². The largest absolute Gasteiger partial charge is 0.370 e. The van der Waals surface area contributed by atoms with Gasteiger partial charge in [0.15, 0.2) is 5.96 Å². The van der Waals surface area contributed by atoms with Crippen molar-refractivity contribution in [2.75, 3.05) is 19.6 Å². The lowest BCUT2D eigenvalue weighted by atomic mass is 10.0. The zero-order valence-electron chi connectivity index (χ0n) is 11.1. The van der Waals surface area contributed by atoms with Crippen LogP contribution in [0.15, 0.2) is 17.1 Å². The van der Waals surface area contributed by atoms with Gasteiger partial charge in [0.2, 0.25) is 0 Å². The van der Waals surface area contributed by atoms with E-state index in [1.807, 2.05) is 11.3 Å². The molecule has 0 radical (unpaired) electrons. The van der Waals surface area contributed by atoms with Crippen molar-refractivity contribution >= 4 is 63.9 Å². The van der Waals surface area contributed by atoms with E-state index in [1.54, 1.807) is 0 Å². The van der Waals surface area contributed by atoms with Crippen LogP contribution < -0.4 is 5.73 Å². The summed E-state index contributed by atoms with van der Waals surface area (Å²) < 4.78 is 1.34. The first-order valence-electron chi connectivity index (χ1n) is 6.44. The summed E-state index contributed by atoms with van der Waals surface area (Å²) in [5, 5.41) is 0. The van der Waals surface area contributed by atoms with Crippen LogP contribution in [0.2, 0.25) is 0 Å². The molecule has 1 atom stereocenters. The molecule has 0 amide bonds. The number of guanidine groups is 1. The van der Waals surface area contributed by atoms with Gasteiger partial charge in [-0.1, -0.05) is 6.92 Å². The fourth-order valence-corrected chi connectivity index (χ4v) is 4.01. The van der Waals surface area contributed by atoms with Gasteiger partial charge in [0.1, 0.15) is 0 Å². The number of nitrogens with two attached hydrogens (primary N) is 1. The minimum Gasteiger partial charge on any atom is -0.370 e. The van der Waals surface area contributed by atoms with Crippen LogP contribution in [0.5, 0.6) is 0 Å². The molecule has 1 unspecified atom stereocenters. The molecular formula is C13H21I2N3S. The number of aliphatic imine (C=N–C) groups is 1. The van der Waals surface area contributed by atoms with Crippen LogP contribution in [0.1, 0.15) is 24.6 Å². The van der Waals surface area contributed by atoms with Crippen molar-refractivity contribution in [2.45, 2.75) is 26.2 Å². The molecule has 1 aliphatic heterocycles. The molecule has 108 valence electrons. The van der Waals surface area contributed by atoms with Gasteiger partial charge in [0.25, 0.3) is 0 Å². The summed E-state index contributed by atoms with van der Waals surface area (Å²) in [6.45, 7) is 5.21. The second-order valence-electron chi connectivity index (χ2n) is 4.89. The first kappa shape index (κ1) is 17.5. The summed E-state index contributed by atoms with van der Waals surface area (Å²) in [5.74, 6) is 1.47. The van der Waals surface area contributed by atoms with Gasteiger partial charge in [-0.15, -0.1) is 35.3 Å². The second kappa shape index (κ2) is 8.66. The van der Waals surface area contributed by atoms with E-state index in [2.05, 4.69) is 51.5 Å². The maximum absolute atomic E-state index is 6.06. The zero-order chi connectivity index (χ0) is 13.0. The molecule has 2 rings (SSSR count). The van der Waals surface area contributed by atoms with Crippen molar-refractivity contribution in [1.29, 1.82) is 0 Å². The number of nitrogens with zero attached hydrogens (tertiary/aromatic N) is 2. The van der Waals surface area contributed by atoms with Crippen molar-refractivity contribution in [3.8, 4) is 0 Å². The summed E-state index contributed by atoms with van der Waals surface area (Å²) in [4.78, 5) is 8.13. The van der Waals surface area contributed by atoms with Gasteiger partial charge in [-0.05, 0) is 53.5 Å². The van der Waals surface area contributed by atoms with Crippen LogP contribution in [-0.2, 0) is 6.42 Å². The molecule has 0 aromatic carbocycles. The minimum absolute atomic E-state index is 0. The van der Waals surface area contributed by atoms with Crippen molar-refractivity contribution in [3.05, 3.63) is 19.9 Å². The number of likely N-dealkylation sites (tertiary alicyclic amines) is 1. The van der Waals surface area contributed by atoms with E-state index >= 15 is 0 Å². The number of thiophene rings is 1. The normalized spacial score (nSPS) is 20.2. The molecule has 0 bridgehead atoms. The van der Waals surface area contributed by atoms with Crippen LogP contribution in [-0.4, -0.2) is 30.5 Å². The Kier molecular flexibility index (Phi) is 7.97. The molecule has 0 saturated carbocycles. The third-order valence-electron chi connectivity index (χ3n) is 3.24. The van der Waals surface area contributed by atoms with Gasteiger partial charge in [0, 0.05) is 30.9 Å². The van der Waals surface area contributed by atoms with E-state index in [1.165, 1.54) is 20.6 Å². The smallest absolute Gasteiger partial charge is 0.191 e. The van der Waals surface area contributed by atoms with E-state index in [0.29, 0.717) is 0 Å². The van der Waals surface area contributed by atoms with Crippen molar-refractivity contribution in [2.24, 2.45) is 16.6 Å². The Labute approximate surface area is 150 Å². The second-order valence-corrected chi connectivity index (χ2v) is 7.95. The Hall–Kier alpha value is 0.430. The van der Waals surface area contributed by atoms with E-state index in [0.717, 1.165) is 37.9 Å². The zero-order valence-corrected chi connectivity index (χ0v) is 16.4. The molecule has 0 spiro atoms. The van der Waals surface area contributed by atoms with Gasteiger partial charge >= 0.3 is 0 Å². The maximum atomic E-state index is 6.06. The van der Waals surface area contributed by atoms with Gasteiger partial charge in [0.05, 0.1) is 2.88 Å². The highest BCUT2D eigenvalue weighted by Gasteiger charge is 2.17. The van der Waals surface area contributed by atoms with E-state index in [-0.39, 0.29) is 24.0 Å². The Bertz CT molecular complexity index is 420. The standard InChI is InChI=1S/C13H20IN3S.HI/c1-10-3-2-8-17(9-10)13(15)16-7-6-11-4-5-12(14)18-11;/h4-5,10H,2-3,6-9H2,1H3,(H2,15,16);1H. The van der Waals surface area contributed by atoms with E-state index in [9.17, 15) is 0 Å². The quantitative estimate of drug-likeness (QED) is 0.388. The molecule has 2 N–H and O–H groups in total. The lowest BCUT2D eigenvalue weighted by Gasteiger charge is -2.31. The molecule has 6 heteroatoms. The summed E-state index contributed by atoms with van der Waals surface area (Å²) in [7, 11) is 0. The molecular weight excluding hydrogens is 484 g/mol. The van der Waals surface area contributed by atoms with Crippen LogP contribution in [0.3, 0.4) is 0 Å². The topological polar surface area (TPSA) is 41.6 Å². The predicted molar refractivity (Wildman–Crippen MR) is 103 cm³/mol. The first-order valence-corrected chi connectivity index (χ1v) is 8.34. The van der Waals surface area contributed by atoms with Crippen molar-refractivity contribution < 1.29 is 0 Å². The average molecular weight is 505 g/mol. The summed E-state index contributed by atoms with van der Waals surface area (Å²) in [6.07, 6.45) is 3.55. The molecule has 3 nitrogen and oxygen atoms in total. The molecule has 1 aliphatic rings. The monoisotopic (exact) mass is 505 g/mol. The van der Waals surface area contributed by atoms with E-state index in [4.69, 9.17) is 5.73 Å². The third-order valence-corrected chi connectivity index (χ3v) is 5.20. The van der Waals surface area contributed by atoms with Gasteiger partial charge < -0.3 is 10.6 Å². The van der Waals surface area contributed by atoms with Gasteiger partial charge in [-0.2, -0.15) is 0 Å². The van der Waals surface area contributed by atoms with Crippen molar-refractivity contribution in [1.82, 2.24) is 4.90 Å². The highest BCUT2D eigenvalue weighted by molar-refractivity contribution is 14.1. The minimum atomic E-state index is 0. The Morgan fingerprint density at radius 2 is 2.37 bits per heavy atom. The highest BCUT2D eigenvalue weighted by atomic mass is 127. The maximum Gasteiger partial charge on any atom is 0.191 e. The molecule has 1 aromatic rings. The van der Waals surface area contributed by atoms with Crippen LogP contribution >= 0.6 is 57.9 Å². The average Bonchev–Trinajstić information content (AvgIpc) is 2.75. The van der Waals surface area contributed by atoms with Gasteiger partial charge in [-0.25, -0.2) is 0 Å². The number of halogens is 2. The van der Waals surface area contributed by atoms with Crippen LogP contribution in [0.25, 0.3) is 0 Å². The van der Waals surface area contributed by atoms with Crippen molar-refractivity contribution in [3.63, 3.8) is 0 Å². The molecule has 19 heavy (non-hydrogen) atoms. The van der Waals surface area contributed by atoms with E-state index < -0.39 is 0 Å². The number of rotatable bonds is 3. The fraction of sp³-hybridized carbons (Fsp3) is 0.615. The molecule has 0 aliphatic carbocycles. The molecule has 2 heterocycles. The Balaban J connectivity index is 0.00000180. The Morgan fingerprint density at radius 1 is 1.58 bits per heavy atom. The molecule has 1 fully saturated rings. The Morgan fingerprint density at radius 3 is 3.00 bits per heavy atom. The van der Waals surface area contributed by atoms with Crippen LogP contribution in [0.4, 0.5) is 0 Å². The summed E-state index contributed by atoms with van der Waals surface area (Å²) >= 11 is 4.19. The number of hydrogen-bond donors (Lipinski definition) is 1. The predicted octanol–water partition coefficient (Wildman–Crippen LogP) is 3.56. The summed E-state index contributed by atoms with van der Waals surface area (Å²) in [5.41, 5.74) is 6.06. The van der Waals surface area contributed by atoms with Gasteiger partial charge in [-0.3, -0.25) is 4.99 Å². The molecule has 1 aromatic heterocycles. The highest BCUT2D eigenvalue weighted by Crippen LogP contribution is 2.19. The molecule has 1 saturated heterocycles.